The van der Waals surface area contributed by atoms with Gasteiger partial charge in [0, 0.05) is 11.1 Å². The second kappa shape index (κ2) is 4.61. The first-order valence-electron chi connectivity index (χ1n) is 6.42. The Balaban J connectivity index is 2.55. The van der Waals surface area contributed by atoms with Crippen LogP contribution in [0.4, 0.5) is 0 Å². The molecular weight excluding hydrogens is 236 g/mol. The highest BCUT2D eigenvalue weighted by Crippen LogP contribution is 2.39. The summed E-state index contributed by atoms with van der Waals surface area (Å²) in [4.78, 5) is 0. The van der Waals surface area contributed by atoms with Crippen molar-refractivity contribution < 1.29 is 10.2 Å². The Bertz CT molecular complexity index is 590. The largest absolute Gasteiger partial charge is 0.508 e. The SMILES string of the molecule is Cc1ccc(-c2cc(O)c(C(C)(C)C)cc2O)cc1. The molecular formula is C17H20O2. The zero-order valence-corrected chi connectivity index (χ0v) is 11.9. The molecule has 0 spiro atoms. The average molecular weight is 256 g/mol. The van der Waals surface area contributed by atoms with Gasteiger partial charge in [0.25, 0.3) is 0 Å². The lowest BCUT2D eigenvalue weighted by molar-refractivity contribution is 0.436. The molecule has 0 aliphatic rings. The topological polar surface area (TPSA) is 40.5 Å². The Kier molecular flexibility index (Phi) is 3.27. The lowest BCUT2D eigenvalue weighted by Gasteiger charge is -2.21. The van der Waals surface area contributed by atoms with Crippen LogP contribution in [0.3, 0.4) is 0 Å². The van der Waals surface area contributed by atoms with E-state index in [0.29, 0.717) is 5.56 Å². The van der Waals surface area contributed by atoms with E-state index >= 15 is 0 Å². The minimum Gasteiger partial charge on any atom is -0.508 e. The average Bonchev–Trinajstić information content (AvgIpc) is 2.31. The molecule has 0 fully saturated rings. The zero-order chi connectivity index (χ0) is 14.2. The van der Waals surface area contributed by atoms with E-state index in [1.165, 1.54) is 5.56 Å². The molecule has 0 bridgehead atoms. The van der Waals surface area contributed by atoms with E-state index in [2.05, 4.69) is 0 Å². The molecule has 0 radical (unpaired) electrons. The van der Waals surface area contributed by atoms with Gasteiger partial charge in [0.05, 0.1) is 0 Å². The number of phenols is 2. The third-order valence-corrected chi connectivity index (χ3v) is 3.28. The summed E-state index contributed by atoms with van der Waals surface area (Å²) < 4.78 is 0. The second-order valence-electron chi connectivity index (χ2n) is 6.00. The first-order chi connectivity index (χ1) is 8.79. The molecule has 0 amide bonds. The number of aryl methyl sites for hydroxylation is 1. The van der Waals surface area contributed by atoms with Crippen molar-refractivity contribution in [1.82, 2.24) is 0 Å². The van der Waals surface area contributed by atoms with Crippen molar-refractivity contribution in [3.8, 4) is 22.6 Å². The van der Waals surface area contributed by atoms with E-state index in [1.807, 2.05) is 52.0 Å². The van der Waals surface area contributed by atoms with E-state index in [0.717, 1.165) is 11.1 Å². The van der Waals surface area contributed by atoms with Crippen LogP contribution < -0.4 is 0 Å². The van der Waals surface area contributed by atoms with Crippen molar-refractivity contribution in [2.45, 2.75) is 33.1 Å². The summed E-state index contributed by atoms with van der Waals surface area (Å²) in [6, 6.07) is 11.2. The van der Waals surface area contributed by atoms with E-state index in [-0.39, 0.29) is 16.9 Å². The fourth-order valence-corrected chi connectivity index (χ4v) is 2.14. The fourth-order valence-electron chi connectivity index (χ4n) is 2.14. The van der Waals surface area contributed by atoms with Crippen LogP contribution in [0.25, 0.3) is 11.1 Å². The summed E-state index contributed by atoms with van der Waals surface area (Å²) >= 11 is 0. The number of benzene rings is 2. The van der Waals surface area contributed by atoms with Crippen LogP contribution in [0.5, 0.6) is 11.5 Å². The summed E-state index contributed by atoms with van der Waals surface area (Å²) in [7, 11) is 0. The Morgan fingerprint density at radius 2 is 1.42 bits per heavy atom. The summed E-state index contributed by atoms with van der Waals surface area (Å²) in [5, 5.41) is 20.3. The Labute approximate surface area is 114 Å². The highest BCUT2D eigenvalue weighted by atomic mass is 16.3. The van der Waals surface area contributed by atoms with Crippen molar-refractivity contribution in [3.05, 3.63) is 47.5 Å². The molecule has 0 unspecified atom stereocenters. The van der Waals surface area contributed by atoms with E-state index in [9.17, 15) is 10.2 Å². The minimum absolute atomic E-state index is 0.201. The Hall–Kier alpha value is -1.96. The van der Waals surface area contributed by atoms with Crippen LogP contribution in [0.2, 0.25) is 0 Å². The molecule has 0 aromatic heterocycles. The van der Waals surface area contributed by atoms with Gasteiger partial charge in [-0.3, -0.25) is 0 Å². The number of aromatic hydroxyl groups is 2. The second-order valence-corrected chi connectivity index (χ2v) is 6.00. The van der Waals surface area contributed by atoms with Crippen LogP contribution in [-0.2, 0) is 5.41 Å². The van der Waals surface area contributed by atoms with Crippen molar-refractivity contribution in [2.75, 3.05) is 0 Å². The van der Waals surface area contributed by atoms with Crippen LogP contribution in [-0.4, -0.2) is 10.2 Å². The maximum absolute atomic E-state index is 10.2. The highest BCUT2D eigenvalue weighted by molar-refractivity contribution is 5.73. The molecule has 0 heterocycles. The number of rotatable bonds is 1. The molecule has 2 rings (SSSR count). The minimum atomic E-state index is -0.201. The van der Waals surface area contributed by atoms with Crippen molar-refractivity contribution in [1.29, 1.82) is 0 Å². The Morgan fingerprint density at radius 1 is 0.842 bits per heavy atom. The van der Waals surface area contributed by atoms with Gasteiger partial charge in [0.1, 0.15) is 11.5 Å². The van der Waals surface area contributed by atoms with E-state index in [1.54, 1.807) is 12.1 Å². The molecule has 0 saturated heterocycles. The number of hydrogen-bond donors (Lipinski definition) is 2. The van der Waals surface area contributed by atoms with Crippen molar-refractivity contribution >= 4 is 0 Å². The predicted molar refractivity (Wildman–Crippen MR) is 78.6 cm³/mol. The van der Waals surface area contributed by atoms with Gasteiger partial charge in [-0.1, -0.05) is 50.6 Å². The van der Waals surface area contributed by atoms with Gasteiger partial charge in [-0.15, -0.1) is 0 Å². The van der Waals surface area contributed by atoms with Gasteiger partial charge in [-0.05, 0) is 30.0 Å². The smallest absolute Gasteiger partial charge is 0.123 e. The summed E-state index contributed by atoms with van der Waals surface area (Å²) in [6.45, 7) is 8.04. The molecule has 0 atom stereocenters. The molecule has 100 valence electrons. The Morgan fingerprint density at radius 3 is 1.95 bits per heavy atom. The van der Waals surface area contributed by atoms with Gasteiger partial charge < -0.3 is 10.2 Å². The summed E-state index contributed by atoms with van der Waals surface area (Å²) in [5.74, 6) is 0.424. The maximum Gasteiger partial charge on any atom is 0.123 e. The first-order valence-corrected chi connectivity index (χ1v) is 6.42. The molecule has 19 heavy (non-hydrogen) atoms. The molecule has 0 saturated carbocycles. The third-order valence-electron chi connectivity index (χ3n) is 3.28. The predicted octanol–water partition coefficient (Wildman–Crippen LogP) is 4.37. The van der Waals surface area contributed by atoms with Crippen LogP contribution in [0, 0.1) is 6.92 Å². The van der Waals surface area contributed by atoms with E-state index < -0.39 is 0 Å². The summed E-state index contributed by atoms with van der Waals surface area (Å²) in [6.07, 6.45) is 0. The van der Waals surface area contributed by atoms with Gasteiger partial charge in [0.2, 0.25) is 0 Å². The molecule has 2 aromatic rings. The van der Waals surface area contributed by atoms with Crippen molar-refractivity contribution in [2.24, 2.45) is 0 Å². The fraction of sp³-hybridized carbons (Fsp3) is 0.294. The quantitative estimate of drug-likeness (QED) is 0.744. The molecule has 0 aliphatic heterocycles. The van der Waals surface area contributed by atoms with Crippen LogP contribution in [0.1, 0.15) is 31.9 Å². The van der Waals surface area contributed by atoms with Crippen LogP contribution in [0.15, 0.2) is 36.4 Å². The monoisotopic (exact) mass is 256 g/mol. The maximum atomic E-state index is 10.2. The number of phenolic OH excluding ortho intramolecular Hbond substituents is 2. The number of hydrogen-bond acceptors (Lipinski definition) is 2. The van der Waals surface area contributed by atoms with Crippen LogP contribution >= 0.6 is 0 Å². The molecule has 2 N–H and O–H groups in total. The van der Waals surface area contributed by atoms with Crippen molar-refractivity contribution in [3.63, 3.8) is 0 Å². The first kappa shape index (κ1) is 13.5. The molecule has 2 aromatic carbocycles. The standard InChI is InChI=1S/C17H20O2/c1-11-5-7-12(8-6-11)13-9-16(19)14(10-15(13)18)17(2,3)4/h5-10,18-19H,1-4H3. The highest BCUT2D eigenvalue weighted by Gasteiger charge is 2.20. The normalized spacial score (nSPS) is 11.6. The van der Waals surface area contributed by atoms with Gasteiger partial charge in [0.15, 0.2) is 0 Å². The van der Waals surface area contributed by atoms with Gasteiger partial charge in [-0.25, -0.2) is 0 Å². The van der Waals surface area contributed by atoms with Gasteiger partial charge >= 0.3 is 0 Å². The molecule has 2 nitrogen and oxygen atoms in total. The zero-order valence-electron chi connectivity index (χ0n) is 11.9. The van der Waals surface area contributed by atoms with Gasteiger partial charge in [-0.2, -0.15) is 0 Å². The van der Waals surface area contributed by atoms with E-state index in [4.69, 9.17) is 0 Å². The summed E-state index contributed by atoms with van der Waals surface area (Å²) in [5.41, 5.74) is 3.27. The lowest BCUT2D eigenvalue weighted by Crippen LogP contribution is -2.11. The third kappa shape index (κ3) is 2.73. The molecule has 2 heteroatoms. The lowest BCUT2D eigenvalue weighted by atomic mass is 9.85. The molecule has 0 aliphatic carbocycles.